The van der Waals surface area contributed by atoms with E-state index < -0.39 is 0 Å². The van der Waals surface area contributed by atoms with Crippen LogP contribution >= 0.6 is 11.3 Å². The van der Waals surface area contributed by atoms with E-state index in [4.69, 9.17) is 5.11 Å². The summed E-state index contributed by atoms with van der Waals surface area (Å²) in [6.07, 6.45) is 2.90. The van der Waals surface area contributed by atoms with Crippen LogP contribution in [-0.4, -0.2) is 16.6 Å². The van der Waals surface area contributed by atoms with Crippen molar-refractivity contribution in [2.24, 2.45) is 5.92 Å². The second kappa shape index (κ2) is 4.71. The number of rotatable bonds is 2. The number of anilines is 2. The molecule has 0 fully saturated rings. The molecule has 1 aromatic carbocycles. The van der Waals surface area contributed by atoms with Gasteiger partial charge in [0.25, 0.3) is 0 Å². The summed E-state index contributed by atoms with van der Waals surface area (Å²) in [6.45, 7) is 3.33. The largest absolute Gasteiger partial charge is 0.391 e. The summed E-state index contributed by atoms with van der Waals surface area (Å²) in [7, 11) is 0. The normalized spacial score (nSPS) is 18.8. The first kappa shape index (κ1) is 11.7. The Morgan fingerprint density at radius 2 is 2.28 bits per heavy atom. The van der Waals surface area contributed by atoms with Crippen LogP contribution in [0.4, 0.5) is 10.8 Å². The predicted molar refractivity (Wildman–Crippen MR) is 74.4 cm³/mol. The molecule has 1 aromatic heterocycles. The van der Waals surface area contributed by atoms with Crippen molar-refractivity contribution in [3.63, 3.8) is 0 Å². The topological polar surface area (TPSA) is 36.4 Å². The van der Waals surface area contributed by atoms with Crippen LogP contribution in [0.1, 0.15) is 17.4 Å². The van der Waals surface area contributed by atoms with Gasteiger partial charge < -0.3 is 10.0 Å². The second-order valence-electron chi connectivity index (χ2n) is 4.82. The van der Waals surface area contributed by atoms with Crippen LogP contribution in [-0.2, 0) is 13.0 Å². The van der Waals surface area contributed by atoms with Crippen molar-refractivity contribution in [1.29, 1.82) is 0 Å². The third-order valence-corrected chi connectivity index (χ3v) is 4.28. The average molecular weight is 260 g/mol. The van der Waals surface area contributed by atoms with E-state index in [9.17, 15) is 0 Å². The smallest absolute Gasteiger partial charge is 0.190 e. The van der Waals surface area contributed by atoms with Gasteiger partial charge in [0.15, 0.2) is 5.13 Å². The Morgan fingerprint density at radius 1 is 1.44 bits per heavy atom. The van der Waals surface area contributed by atoms with Crippen molar-refractivity contribution >= 4 is 22.2 Å². The highest BCUT2D eigenvalue weighted by atomic mass is 32.1. The first-order chi connectivity index (χ1) is 8.78. The lowest BCUT2D eigenvalue weighted by Gasteiger charge is -2.32. The van der Waals surface area contributed by atoms with Gasteiger partial charge in [-0.1, -0.05) is 36.5 Å². The molecule has 18 heavy (non-hydrogen) atoms. The Hall–Kier alpha value is -1.39. The summed E-state index contributed by atoms with van der Waals surface area (Å²) >= 11 is 1.57. The van der Waals surface area contributed by atoms with E-state index in [1.807, 2.05) is 0 Å². The fraction of sp³-hybridized carbons (Fsp3) is 0.357. The monoisotopic (exact) mass is 260 g/mol. The van der Waals surface area contributed by atoms with E-state index in [1.54, 1.807) is 17.5 Å². The maximum Gasteiger partial charge on any atom is 0.190 e. The Bertz CT molecular complexity index is 552. The van der Waals surface area contributed by atoms with Crippen LogP contribution in [0.25, 0.3) is 0 Å². The Kier molecular flexibility index (Phi) is 3.06. The third-order valence-electron chi connectivity index (χ3n) is 3.27. The van der Waals surface area contributed by atoms with Crippen LogP contribution in [0, 0.1) is 5.92 Å². The second-order valence-corrected chi connectivity index (χ2v) is 5.91. The lowest BCUT2D eigenvalue weighted by Crippen LogP contribution is -2.30. The zero-order valence-electron chi connectivity index (χ0n) is 10.3. The molecule has 0 spiro atoms. The highest BCUT2D eigenvalue weighted by Crippen LogP contribution is 2.36. The van der Waals surface area contributed by atoms with Crippen molar-refractivity contribution in [2.75, 3.05) is 11.4 Å². The molecule has 0 bridgehead atoms. The SMILES string of the molecule is CC1Cc2ccccc2N(c2ncc(CO)s2)C1. The van der Waals surface area contributed by atoms with E-state index in [2.05, 4.69) is 41.1 Å². The van der Waals surface area contributed by atoms with Crippen LogP contribution in [0.15, 0.2) is 30.5 Å². The number of fused-ring (bicyclic) bond motifs is 1. The van der Waals surface area contributed by atoms with Crippen LogP contribution in [0.2, 0.25) is 0 Å². The fourth-order valence-corrected chi connectivity index (χ4v) is 3.27. The Balaban J connectivity index is 2.01. The molecule has 94 valence electrons. The molecule has 1 aliphatic heterocycles. The molecule has 1 unspecified atom stereocenters. The molecule has 2 heterocycles. The number of aliphatic hydroxyl groups excluding tert-OH is 1. The molecule has 0 amide bonds. The zero-order valence-corrected chi connectivity index (χ0v) is 11.2. The molecule has 3 nitrogen and oxygen atoms in total. The third kappa shape index (κ3) is 2.02. The average Bonchev–Trinajstić information content (AvgIpc) is 2.86. The standard InChI is InChI=1S/C14H16N2OS/c1-10-6-11-4-2-3-5-13(11)16(8-10)14-15-7-12(9-17)18-14/h2-5,7,10,17H,6,8-9H2,1H3. The summed E-state index contributed by atoms with van der Waals surface area (Å²) in [5.41, 5.74) is 2.64. The van der Waals surface area contributed by atoms with Crippen molar-refractivity contribution in [2.45, 2.75) is 20.0 Å². The van der Waals surface area contributed by atoms with E-state index in [-0.39, 0.29) is 6.61 Å². The number of hydrogen-bond donors (Lipinski definition) is 1. The quantitative estimate of drug-likeness (QED) is 0.902. The zero-order chi connectivity index (χ0) is 12.5. The maximum absolute atomic E-state index is 9.15. The van der Waals surface area contributed by atoms with Gasteiger partial charge >= 0.3 is 0 Å². The van der Waals surface area contributed by atoms with Gasteiger partial charge in [0.2, 0.25) is 0 Å². The lowest BCUT2D eigenvalue weighted by atomic mass is 9.94. The molecular formula is C14H16N2OS. The van der Waals surface area contributed by atoms with Crippen LogP contribution < -0.4 is 4.90 Å². The molecule has 1 aliphatic rings. The summed E-state index contributed by atoms with van der Waals surface area (Å²) in [5.74, 6) is 0.626. The lowest BCUT2D eigenvalue weighted by molar-refractivity contribution is 0.285. The number of hydrogen-bond acceptors (Lipinski definition) is 4. The Morgan fingerprint density at radius 3 is 3.06 bits per heavy atom. The number of benzene rings is 1. The van der Waals surface area contributed by atoms with Gasteiger partial charge in [0.1, 0.15) is 0 Å². The van der Waals surface area contributed by atoms with Gasteiger partial charge in [-0.25, -0.2) is 4.98 Å². The Labute approximate surface area is 111 Å². The molecular weight excluding hydrogens is 244 g/mol. The maximum atomic E-state index is 9.15. The predicted octanol–water partition coefficient (Wildman–Crippen LogP) is 2.97. The summed E-state index contributed by atoms with van der Waals surface area (Å²) in [4.78, 5) is 7.62. The minimum Gasteiger partial charge on any atom is -0.391 e. The molecule has 0 aliphatic carbocycles. The van der Waals surface area contributed by atoms with Gasteiger partial charge in [0, 0.05) is 18.4 Å². The van der Waals surface area contributed by atoms with E-state index in [0.29, 0.717) is 5.92 Å². The first-order valence-electron chi connectivity index (χ1n) is 6.19. The number of aliphatic hydroxyl groups is 1. The van der Waals surface area contributed by atoms with E-state index in [1.165, 1.54) is 11.3 Å². The molecule has 1 N–H and O–H groups in total. The van der Waals surface area contributed by atoms with E-state index >= 15 is 0 Å². The molecule has 0 radical (unpaired) electrons. The highest BCUT2D eigenvalue weighted by molar-refractivity contribution is 7.15. The summed E-state index contributed by atoms with van der Waals surface area (Å²) < 4.78 is 0. The van der Waals surface area contributed by atoms with Gasteiger partial charge in [-0.05, 0) is 24.0 Å². The van der Waals surface area contributed by atoms with Crippen LogP contribution in [0.5, 0.6) is 0 Å². The fourth-order valence-electron chi connectivity index (χ4n) is 2.47. The van der Waals surface area contributed by atoms with Crippen molar-refractivity contribution in [3.8, 4) is 0 Å². The van der Waals surface area contributed by atoms with Crippen molar-refractivity contribution in [3.05, 3.63) is 40.9 Å². The van der Waals surface area contributed by atoms with Crippen molar-refractivity contribution < 1.29 is 5.11 Å². The number of nitrogens with zero attached hydrogens (tertiary/aromatic N) is 2. The summed E-state index contributed by atoms with van der Waals surface area (Å²) in [5, 5.41) is 10.1. The highest BCUT2D eigenvalue weighted by Gasteiger charge is 2.24. The first-order valence-corrected chi connectivity index (χ1v) is 7.00. The van der Waals surface area contributed by atoms with Gasteiger partial charge in [-0.15, -0.1) is 0 Å². The molecule has 0 saturated carbocycles. The van der Waals surface area contributed by atoms with Crippen LogP contribution in [0.3, 0.4) is 0 Å². The molecule has 1 atom stereocenters. The number of aromatic nitrogens is 1. The van der Waals surface area contributed by atoms with Gasteiger partial charge in [0.05, 0.1) is 11.5 Å². The minimum atomic E-state index is 0.0721. The van der Waals surface area contributed by atoms with E-state index in [0.717, 1.165) is 23.0 Å². The van der Waals surface area contributed by atoms with Crippen molar-refractivity contribution in [1.82, 2.24) is 4.98 Å². The van der Waals surface area contributed by atoms with Gasteiger partial charge in [-0.2, -0.15) is 0 Å². The molecule has 4 heteroatoms. The van der Waals surface area contributed by atoms with Gasteiger partial charge in [-0.3, -0.25) is 0 Å². The summed E-state index contributed by atoms with van der Waals surface area (Å²) in [6, 6.07) is 8.51. The minimum absolute atomic E-state index is 0.0721. The number of para-hydroxylation sites is 1. The molecule has 2 aromatic rings. The molecule has 0 saturated heterocycles. The molecule has 3 rings (SSSR count). The number of thiazole rings is 1.